The smallest absolute Gasteiger partial charge is 0.265 e. The van der Waals surface area contributed by atoms with Crippen LogP contribution >= 0.6 is 15.9 Å². The van der Waals surface area contributed by atoms with Crippen molar-refractivity contribution in [2.45, 2.75) is 18.7 Å². The van der Waals surface area contributed by atoms with Crippen LogP contribution in [-0.4, -0.2) is 4.98 Å². The van der Waals surface area contributed by atoms with E-state index in [1.165, 1.54) is 6.07 Å². The Labute approximate surface area is 83.3 Å². The van der Waals surface area contributed by atoms with Crippen LogP contribution in [0.3, 0.4) is 0 Å². The summed E-state index contributed by atoms with van der Waals surface area (Å²) in [6.07, 6.45) is -2.50. The molecule has 0 aliphatic rings. The Morgan fingerprint density at radius 2 is 2.23 bits per heavy atom. The highest BCUT2D eigenvalue weighted by Crippen LogP contribution is 2.27. The number of hydrogen-bond acceptors (Lipinski definition) is 2. The van der Waals surface area contributed by atoms with Gasteiger partial charge in [-0.15, -0.1) is 0 Å². The van der Waals surface area contributed by atoms with Gasteiger partial charge >= 0.3 is 0 Å². The molecule has 0 atom stereocenters. The predicted molar refractivity (Wildman–Crippen MR) is 51.0 cm³/mol. The highest BCUT2D eigenvalue weighted by molar-refractivity contribution is 9.08. The standard InChI is InChI=1S/C8H9BrF2N2/c1-4-2-6(12)13-5(3-9)7(4)8(10)11/h2,8H,3H2,1H3,(H2,12,13). The maximum atomic E-state index is 12.5. The molecule has 1 aromatic heterocycles. The lowest BCUT2D eigenvalue weighted by Crippen LogP contribution is -2.03. The third-order valence-corrected chi connectivity index (χ3v) is 2.24. The van der Waals surface area contributed by atoms with Crippen LogP contribution in [0.25, 0.3) is 0 Å². The molecule has 1 rings (SSSR count). The van der Waals surface area contributed by atoms with Crippen LogP contribution < -0.4 is 5.73 Å². The second-order valence-corrected chi connectivity index (χ2v) is 3.22. The van der Waals surface area contributed by atoms with Gasteiger partial charge in [-0.1, -0.05) is 15.9 Å². The van der Waals surface area contributed by atoms with Crippen LogP contribution in [0.4, 0.5) is 14.6 Å². The van der Waals surface area contributed by atoms with Gasteiger partial charge in [-0.05, 0) is 18.6 Å². The minimum absolute atomic E-state index is 0.0222. The zero-order valence-corrected chi connectivity index (χ0v) is 8.61. The van der Waals surface area contributed by atoms with E-state index in [2.05, 4.69) is 20.9 Å². The molecule has 0 fully saturated rings. The summed E-state index contributed by atoms with van der Waals surface area (Å²) in [5.74, 6) is 0.274. The molecule has 1 heterocycles. The van der Waals surface area contributed by atoms with Crippen molar-refractivity contribution in [3.63, 3.8) is 0 Å². The first-order valence-corrected chi connectivity index (χ1v) is 4.78. The van der Waals surface area contributed by atoms with Gasteiger partial charge in [0.15, 0.2) is 0 Å². The monoisotopic (exact) mass is 250 g/mol. The summed E-state index contributed by atoms with van der Waals surface area (Å²) >= 11 is 3.09. The molecule has 1 aromatic rings. The van der Waals surface area contributed by atoms with Crippen LogP contribution in [0.1, 0.15) is 23.2 Å². The number of halogens is 3. The SMILES string of the molecule is Cc1cc(N)nc(CBr)c1C(F)F. The molecule has 0 aromatic carbocycles. The lowest BCUT2D eigenvalue weighted by molar-refractivity contribution is 0.149. The van der Waals surface area contributed by atoms with Crippen LogP contribution in [0.2, 0.25) is 0 Å². The number of nitrogens with zero attached hydrogens (tertiary/aromatic N) is 1. The molecular weight excluding hydrogens is 242 g/mol. The van der Waals surface area contributed by atoms with E-state index in [4.69, 9.17) is 5.73 Å². The number of nitrogens with two attached hydrogens (primary N) is 1. The van der Waals surface area contributed by atoms with E-state index in [0.717, 1.165) is 0 Å². The zero-order chi connectivity index (χ0) is 10.0. The summed E-state index contributed by atoms with van der Waals surface area (Å²) in [5, 5.41) is 0.290. The third-order valence-electron chi connectivity index (χ3n) is 1.71. The van der Waals surface area contributed by atoms with Gasteiger partial charge in [-0.3, -0.25) is 0 Å². The van der Waals surface area contributed by atoms with E-state index in [1.54, 1.807) is 6.92 Å². The van der Waals surface area contributed by atoms with Crippen LogP contribution in [0.15, 0.2) is 6.07 Å². The summed E-state index contributed by atoms with van der Waals surface area (Å²) in [6, 6.07) is 1.45. The van der Waals surface area contributed by atoms with Crippen LogP contribution in [0, 0.1) is 6.92 Å². The molecule has 0 saturated carbocycles. The minimum Gasteiger partial charge on any atom is -0.384 e. The highest BCUT2D eigenvalue weighted by atomic mass is 79.9. The quantitative estimate of drug-likeness (QED) is 0.821. The normalized spacial score (nSPS) is 10.8. The zero-order valence-electron chi connectivity index (χ0n) is 7.02. The van der Waals surface area contributed by atoms with E-state index in [9.17, 15) is 8.78 Å². The van der Waals surface area contributed by atoms with Gasteiger partial charge in [0.2, 0.25) is 0 Å². The van der Waals surface area contributed by atoms with Crippen molar-refractivity contribution < 1.29 is 8.78 Å². The molecule has 0 radical (unpaired) electrons. The van der Waals surface area contributed by atoms with Gasteiger partial charge in [0, 0.05) is 10.9 Å². The Kier molecular flexibility index (Phi) is 3.19. The van der Waals surface area contributed by atoms with E-state index in [0.29, 0.717) is 16.6 Å². The average Bonchev–Trinajstić information content (AvgIpc) is 2.01. The Hall–Kier alpha value is -0.710. The fraction of sp³-hybridized carbons (Fsp3) is 0.375. The fourth-order valence-corrected chi connectivity index (χ4v) is 1.60. The number of alkyl halides is 3. The Balaban J connectivity index is 3.30. The highest BCUT2D eigenvalue weighted by Gasteiger charge is 2.16. The van der Waals surface area contributed by atoms with Crippen molar-refractivity contribution in [2.75, 3.05) is 5.73 Å². The van der Waals surface area contributed by atoms with Crippen LogP contribution in [-0.2, 0) is 5.33 Å². The molecule has 0 amide bonds. The first-order chi connectivity index (χ1) is 6.06. The first kappa shape index (κ1) is 10.4. The van der Waals surface area contributed by atoms with Gasteiger partial charge in [0.1, 0.15) is 5.82 Å². The number of anilines is 1. The van der Waals surface area contributed by atoms with Gasteiger partial charge in [0.25, 0.3) is 6.43 Å². The largest absolute Gasteiger partial charge is 0.384 e. The van der Waals surface area contributed by atoms with Gasteiger partial charge in [-0.25, -0.2) is 13.8 Å². The van der Waals surface area contributed by atoms with Crippen molar-refractivity contribution in [2.24, 2.45) is 0 Å². The summed E-state index contributed by atoms with van der Waals surface area (Å²) in [7, 11) is 0. The molecule has 2 nitrogen and oxygen atoms in total. The lowest BCUT2D eigenvalue weighted by Gasteiger charge is -2.09. The van der Waals surface area contributed by atoms with Gasteiger partial charge in [-0.2, -0.15) is 0 Å². The van der Waals surface area contributed by atoms with Crippen LogP contribution in [0.5, 0.6) is 0 Å². The Bertz CT molecular complexity index is 315. The van der Waals surface area contributed by atoms with Gasteiger partial charge < -0.3 is 5.73 Å². The molecule has 0 bridgehead atoms. The van der Waals surface area contributed by atoms with Crippen molar-refractivity contribution >= 4 is 21.7 Å². The first-order valence-electron chi connectivity index (χ1n) is 3.66. The number of aromatic nitrogens is 1. The van der Waals surface area contributed by atoms with Crippen molar-refractivity contribution in [1.29, 1.82) is 0 Å². The van der Waals surface area contributed by atoms with Crippen molar-refractivity contribution in [3.8, 4) is 0 Å². The predicted octanol–water partition coefficient (Wildman–Crippen LogP) is 2.80. The summed E-state index contributed by atoms with van der Waals surface area (Å²) in [6.45, 7) is 1.60. The van der Waals surface area contributed by atoms with E-state index < -0.39 is 6.43 Å². The van der Waals surface area contributed by atoms with Crippen molar-refractivity contribution in [1.82, 2.24) is 4.98 Å². The number of hydrogen-bond donors (Lipinski definition) is 1. The molecule has 0 unspecified atom stereocenters. The Morgan fingerprint density at radius 3 is 2.69 bits per heavy atom. The van der Waals surface area contributed by atoms with E-state index in [-0.39, 0.29) is 11.4 Å². The molecule has 0 aliphatic heterocycles. The average molecular weight is 251 g/mol. The summed E-state index contributed by atoms with van der Waals surface area (Å²) in [5.41, 5.74) is 6.20. The molecular formula is C8H9BrF2N2. The molecule has 5 heteroatoms. The molecule has 0 saturated heterocycles. The van der Waals surface area contributed by atoms with E-state index in [1.807, 2.05) is 0 Å². The van der Waals surface area contributed by atoms with Crippen molar-refractivity contribution in [3.05, 3.63) is 22.9 Å². The second-order valence-electron chi connectivity index (χ2n) is 2.66. The number of aryl methyl sites for hydroxylation is 1. The molecule has 72 valence electrons. The molecule has 0 aliphatic carbocycles. The fourth-order valence-electron chi connectivity index (χ4n) is 1.18. The molecule has 0 spiro atoms. The third kappa shape index (κ3) is 2.15. The van der Waals surface area contributed by atoms with E-state index >= 15 is 0 Å². The lowest BCUT2D eigenvalue weighted by atomic mass is 10.1. The molecule has 13 heavy (non-hydrogen) atoms. The van der Waals surface area contributed by atoms with Gasteiger partial charge in [0.05, 0.1) is 5.69 Å². The maximum absolute atomic E-state index is 12.5. The molecule has 2 N–H and O–H groups in total. The topological polar surface area (TPSA) is 38.9 Å². The summed E-state index contributed by atoms with van der Waals surface area (Å²) in [4.78, 5) is 3.82. The Morgan fingerprint density at radius 1 is 1.62 bits per heavy atom. The minimum atomic E-state index is -2.50. The number of pyridine rings is 1. The summed E-state index contributed by atoms with van der Waals surface area (Å²) < 4.78 is 25.0. The number of rotatable bonds is 2. The second kappa shape index (κ2) is 4.00. The maximum Gasteiger partial charge on any atom is 0.265 e. The number of nitrogen functional groups attached to an aromatic ring is 1.